The number of carbonyl (C=O) groups is 2. The number of aryl methyl sites for hydroxylation is 1. The van der Waals surface area contributed by atoms with E-state index in [9.17, 15) is 9.59 Å². The number of carbonyl (C=O) groups excluding carboxylic acids is 1. The quantitative estimate of drug-likeness (QED) is 0.799. The number of benzene rings is 1. The van der Waals surface area contributed by atoms with Crippen molar-refractivity contribution >= 4 is 11.9 Å². The molecule has 7 nitrogen and oxygen atoms in total. The molecule has 0 fully saturated rings. The predicted molar refractivity (Wildman–Crippen MR) is 77.6 cm³/mol. The molecule has 7 heteroatoms. The van der Waals surface area contributed by atoms with E-state index in [-0.39, 0.29) is 11.6 Å². The summed E-state index contributed by atoms with van der Waals surface area (Å²) < 4.78 is 5.50. The first-order valence-corrected chi connectivity index (χ1v) is 6.88. The lowest BCUT2D eigenvalue weighted by atomic mass is 10.0. The SMILES string of the molecule is CCOC1NC(=O)c2c(-c3nc(C(=O)O)c(C)[nH]3)cccc21. The summed E-state index contributed by atoms with van der Waals surface area (Å²) in [5.74, 6) is -1.00. The molecular weight excluding hydrogens is 286 g/mol. The Kier molecular flexibility index (Phi) is 3.42. The minimum Gasteiger partial charge on any atom is -0.476 e. The van der Waals surface area contributed by atoms with Crippen LogP contribution in [0, 0.1) is 6.92 Å². The van der Waals surface area contributed by atoms with Crippen molar-refractivity contribution in [1.82, 2.24) is 15.3 Å². The van der Waals surface area contributed by atoms with Crippen LogP contribution in [0.3, 0.4) is 0 Å². The Hall–Kier alpha value is -2.67. The third-order valence-corrected chi connectivity index (χ3v) is 3.54. The molecule has 3 N–H and O–H groups in total. The maximum absolute atomic E-state index is 12.2. The molecule has 0 radical (unpaired) electrons. The van der Waals surface area contributed by atoms with Crippen LogP contribution >= 0.6 is 0 Å². The molecule has 1 aromatic carbocycles. The van der Waals surface area contributed by atoms with Crippen molar-refractivity contribution in [2.75, 3.05) is 6.61 Å². The van der Waals surface area contributed by atoms with Gasteiger partial charge in [-0.15, -0.1) is 0 Å². The topological polar surface area (TPSA) is 104 Å². The average molecular weight is 301 g/mol. The third kappa shape index (κ3) is 2.15. The summed E-state index contributed by atoms with van der Waals surface area (Å²) in [6.07, 6.45) is -0.484. The highest BCUT2D eigenvalue weighted by atomic mass is 16.5. The van der Waals surface area contributed by atoms with Gasteiger partial charge < -0.3 is 20.1 Å². The van der Waals surface area contributed by atoms with E-state index in [1.165, 1.54) is 0 Å². The Labute approximate surface area is 126 Å². The summed E-state index contributed by atoms with van der Waals surface area (Å²) in [5, 5.41) is 11.9. The maximum Gasteiger partial charge on any atom is 0.356 e. The van der Waals surface area contributed by atoms with E-state index in [4.69, 9.17) is 9.84 Å². The lowest BCUT2D eigenvalue weighted by Crippen LogP contribution is -2.21. The normalized spacial score (nSPS) is 16.5. The second kappa shape index (κ2) is 5.27. The largest absolute Gasteiger partial charge is 0.476 e. The number of amides is 1. The Bertz CT molecular complexity index is 766. The number of carboxylic acid groups (broad SMARTS) is 1. The van der Waals surface area contributed by atoms with Gasteiger partial charge in [-0.25, -0.2) is 9.78 Å². The standard InChI is InChI=1S/C15H15N3O4/c1-3-22-14-9-6-4-5-8(10(9)13(19)18-14)12-16-7(2)11(17-12)15(20)21/h4-6,14H,3H2,1-2H3,(H,16,17)(H,18,19)(H,20,21). The lowest BCUT2D eigenvalue weighted by molar-refractivity contribution is 0.0418. The van der Waals surface area contributed by atoms with E-state index in [1.807, 2.05) is 13.0 Å². The molecule has 2 aromatic rings. The highest BCUT2D eigenvalue weighted by Crippen LogP contribution is 2.33. The van der Waals surface area contributed by atoms with Crippen molar-refractivity contribution in [3.63, 3.8) is 0 Å². The molecule has 1 aromatic heterocycles. The Morgan fingerprint density at radius 2 is 2.23 bits per heavy atom. The van der Waals surface area contributed by atoms with E-state index >= 15 is 0 Å². The summed E-state index contributed by atoms with van der Waals surface area (Å²) in [4.78, 5) is 30.4. The zero-order chi connectivity index (χ0) is 15.9. The highest BCUT2D eigenvalue weighted by molar-refractivity contribution is 6.04. The van der Waals surface area contributed by atoms with Gasteiger partial charge in [0.2, 0.25) is 0 Å². The number of aromatic carboxylic acids is 1. The van der Waals surface area contributed by atoms with Gasteiger partial charge in [0, 0.05) is 23.4 Å². The molecule has 0 aliphatic carbocycles. The Morgan fingerprint density at radius 1 is 1.45 bits per heavy atom. The van der Waals surface area contributed by atoms with E-state index in [1.54, 1.807) is 19.1 Å². The fourth-order valence-corrected chi connectivity index (χ4v) is 2.60. The number of fused-ring (bicyclic) bond motifs is 1. The fourth-order valence-electron chi connectivity index (χ4n) is 2.60. The highest BCUT2D eigenvalue weighted by Gasteiger charge is 2.32. The van der Waals surface area contributed by atoms with Gasteiger partial charge in [0.25, 0.3) is 5.91 Å². The number of rotatable bonds is 4. The number of carboxylic acids is 1. The number of nitrogens with one attached hydrogen (secondary N) is 2. The number of aromatic nitrogens is 2. The summed E-state index contributed by atoms with van der Waals surface area (Å²) in [7, 11) is 0. The number of aromatic amines is 1. The molecule has 1 aliphatic rings. The van der Waals surface area contributed by atoms with Crippen molar-refractivity contribution in [3.05, 3.63) is 40.7 Å². The van der Waals surface area contributed by atoms with Crippen LogP contribution in [-0.2, 0) is 4.74 Å². The van der Waals surface area contributed by atoms with Crippen LogP contribution in [0.25, 0.3) is 11.4 Å². The molecule has 114 valence electrons. The van der Waals surface area contributed by atoms with Crippen LogP contribution in [0.5, 0.6) is 0 Å². The molecule has 3 rings (SSSR count). The molecule has 2 heterocycles. The van der Waals surface area contributed by atoms with E-state index in [0.29, 0.717) is 29.3 Å². The number of hydrogen-bond donors (Lipinski definition) is 3. The zero-order valence-corrected chi connectivity index (χ0v) is 12.1. The van der Waals surface area contributed by atoms with Crippen molar-refractivity contribution in [2.24, 2.45) is 0 Å². The van der Waals surface area contributed by atoms with Crippen LogP contribution in [0.1, 0.15) is 45.3 Å². The van der Waals surface area contributed by atoms with Crippen LogP contribution in [0.4, 0.5) is 0 Å². The van der Waals surface area contributed by atoms with Gasteiger partial charge >= 0.3 is 5.97 Å². The minimum atomic E-state index is -1.11. The number of nitrogens with zero attached hydrogens (tertiary/aromatic N) is 1. The number of ether oxygens (including phenoxy) is 1. The predicted octanol–water partition coefficient (Wildman–Crippen LogP) is 1.86. The summed E-state index contributed by atoms with van der Waals surface area (Å²) in [5.41, 5.74) is 2.15. The average Bonchev–Trinajstić information content (AvgIpc) is 3.01. The Balaban J connectivity index is 2.12. The van der Waals surface area contributed by atoms with Gasteiger partial charge in [-0.2, -0.15) is 0 Å². The second-order valence-corrected chi connectivity index (χ2v) is 4.94. The summed E-state index contributed by atoms with van der Waals surface area (Å²) in [6.45, 7) is 3.95. The van der Waals surface area contributed by atoms with Crippen LogP contribution in [-0.4, -0.2) is 33.6 Å². The van der Waals surface area contributed by atoms with E-state index in [0.717, 1.165) is 5.56 Å². The summed E-state index contributed by atoms with van der Waals surface area (Å²) in [6, 6.07) is 5.33. The molecule has 1 atom stereocenters. The van der Waals surface area contributed by atoms with Crippen LogP contribution in [0.15, 0.2) is 18.2 Å². The summed E-state index contributed by atoms with van der Waals surface area (Å²) >= 11 is 0. The van der Waals surface area contributed by atoms with Crippen molar-refractivity contribution < 1.29 is 19.4 Å². The molecule has 1 unspecified atom stereocenters. The van der Waals surface area contributed by atoms with Crippen molar-refractivity contribution in [2.45, 2.75) is 20.1 Å². The van der Waals surface area contributed by atoms with Gasteiger partial charge in [-0.1, -0.05) is 18.2 Å². The number of imidazole rings is 1. The van der Waals surface area contributed by atoms with Crippen LogP contribution < -0.4 is 5.32 Å². The molecule has 22 heavy (non-hydrogen) atoms. The number of hydrogen-bond acceptors (Lipinski definition) is 4. The van der Waals surface area contributed by atoms with E-state index < -0.39 is 12.2 Å². The molecule has 0 saturated heterocycles. The lowest BCUT2D eigenvalue weighted by Gasteiger charge is -2.11. The first-order chi connectivity index (χ1) is 10.5. The van der Waals surface area contributed by atoms with Crippen LogP contribution in [0.2, 0.25) is 0 Å². The van der Waals surface area contributed by atoms with E-state index in [2.05, 4.69) is 15.3 Å². The van der Waals surface area contributed by atoms with Crippen molar-refractivity contribution in [3.8, 4) is 11.4 Å². The fraction of sp³-hybridized carbons (Fsp3) is 0.267. The third-order valence-electron chi connectivity index (χ3n) is 3.54. The second-order valence-electron chi connectivity index (χ2n) is 4.94. The Morgan fingerprint density at radius 3 is 2.86 bits per heavy atom. The maximum atomic E-state index is 12.2. The molecular formula is C15H15N3O4. The molecule has 1 aliphatic heterocycles. The first-order valence-electron chi connectivity index (χ1n) is 6.88. The van der Waals surface area contributed by atoms with Gasteiger partial charge in [0.15, 0.2) is 11.9 Å². The molecule has 0 spiro atoms. The van der Waals surface area contributed by atoms with Gasteiger partial charge in [-0.3, -0.25) is 4.79 Å². The smallest absolute Gasteiger partial charge is 0.356 e. The molecule has 0 bridgehead atoms. The molecule has 0 saturated carbocycles. The number of H-pyrrole nitrogens is 1. The van der Waals surface area contributed by atoms with Crippen molar-refractivity contribution in [1.29, 1.82) is 0 Å². The van der Waals surface area contributed by atoms with Gasteiger partial charge in [-0.05, 0) is 13.8 Å². The zero-order valence-electron chi connectivity index (χ0n) is 12.1. The monoisotopic (exact) mass is 301 g/mol. The molecule has 1 amide bonds. The minimum absolute atomic E-state index is 0.0487. The first kappa shape index (κ1) is 14.3. The van der Waals surface area contributed by atoms with Gasteiger partial charge in [0.1, 0.15) is 5.82 Å². The van der Waals surface area contributed by atoms with Gasteiger partial charge in [0.05, 0.1) is 5.56 Å².